The topological polar surface area (TPSA) is 85.4 Å². The van der Waals surface area contributed by atoms with Gasteiger partial charge in [0.25, 0.3) is 0 Å². The number of nitrogens with zero attached hydrogens (tertiary/aromatic N) is 1. The van der Waals surface area contributed by atoms with E-state index in [0.717, 1.165) is 29.4 Å². The summed E-state index contributed by atoms with van der Waals surface area (Å²) in [5, 5.41) is 13.1. The van der Waals surface area contributed by atoms with Crippen molar-refractivity contribution in [1.82, 2.24) is 10.3 Å². The average Bonchev–Trinajstić information content (AvgIpc) is 3.25. The van der Waals surface area contributed by atoms with E-state index in [4.69, 9.17) is 0 Å². The fourth-order valence-corrected chi connectivity index (χ4v) is 2.55. The summed E-state index contributed by atoms with van der Waals surface area (Å²) in [6.45, 7) is 0.230. The van der Waals surface area contributed by atoms with E-state index in [0.29, 0.717) is 5.56 Å². The number of aromatic amines is 1. The summed E-state index contributed by atoms with van der Waals surface area (Å²) in [7, 11) is 3.86. The standard InChI is InChI=1S/C16H19N3O3/c1-19(2)10-5-6-13-11(7-10)12(14(18-13)16(21)22)8-17-15(20)9-3-4-9/h5-7,9,18H,3-4,8H2,1-2H3,(H,17,20)(H,21,22). The van der Waals surface area contributed by atoms with Gasteiger partial charge in [-0.15, -0.1) is 0 Å². The Kier molecular flexibility index (Phi) is 3.52. The Bertz CT molecular complexity index is 744. The second-order valence-electron chi connectivity index (χ2n) is 5.90. The first-order valence-electron chi connectivity index (χ1n) is 7.30. The number of rotatable bonds is 5. The molecule has 0 saturated heterocycles. The molecule has 0 atom stereocenters. The average molecular weight is 301 g/mol. The summed E-state index contributed by atoms with van der Waals surface area (Å²) in [5.41, 5.74) is 2.51. The molecule has 1 aromatic heterocycles. The summed E-state index contributed by atoms with van der Waals surface area (Å²) in [6.07, 6.45) is 1.85. The number of hydrogen-bond donors (Lipinski definition) is 3. The molecule has 1 aliphatic carbocycles. The van der Waals surface area contributed by atoms with Gasteiger partial charge in [0.2, 0.25) is 5.91 Å². The maximum atomic E-state index is 11.8. The largest absolute Gasteiger partial charge is 0.477 e. The van der Waals surface area contributed by atoms with Gasteiger partial charge < -0.3 is 20.3 Å². The maximum Gasteiger partial charge on any atom is 0.352 e. The van der Waals surface area contributed by atoms with Crippen LogP contribution in [0.3, 0.4) is 0 Å². The van der Waals surface area contributed by atoms with Crippen molar-refractivity contribution in [3.05, 3.63) is 29.5 Å². The van der Waals surface area contributed by atoms with Crippen LogP contribution in [0.1, 0.15) is 28.9 Å². The molecule has 0 unspecified atom stereocenters. The van der Waals surface area contributed by atoms with Gasteiger partial charge in [-0.1, -0.05) is 0 Å². The summed E-state index contributed by atoms with van der Waals surface area (Å²) in [5.74, 6) is -0.899. The molecule has 0 spiro atoms. The number of carboxylic acids is 1. The number of aromatic carboxylic acids is 1. The van der Waals surface area contributed by atoms with Crippen LogP contribution in [0.2, 0.25) is 0 Å². The number of fused-ring (bicyclic) bond motifs is 1. The fourth-order valence-electron chi connectivity index (χ4n) is 2.55. The minimum absolute atomic E-state index is 0.00875. The van der Waals surface area contributed by atoms with Gasteiger partial charge in [0.15, 0.2) is 0 Å². The van der Waals surface area contributed by atoms with Gasteiger partial charge in [0.05, 0.1) is 0 Å². The molecule has 6 heteroatoms. The lowest BCUT2D eigenvalue weighted by atomic mass is 10.1. The number of anilines is 1. The Labute approximate surface area is 128 Å². The van der Waals surface area contributed by atoms with E-state index in [1.165, 1.54) is 0 Å². The highest BCUT2D eigenvalue weighted by molar-refractivity contribution is 5.98. The van der Waals surface area contributed by atoms with Gasteiger partial charge in [0.1, 0.15) is 5.69 Å². The van der Waals surface area contributed by atoms with Crippen LogP contribution in [0.4, 0.5) is 5.69 Å². The van der Waals surface area contributed by atoms with Crippen LogP contribution in [-0.2, 0) is 11.3 Å². The first kappa shape index (κ1) is 14.4. The van der Waals surface area contributed by atoms with Crippen LogP contribution in [0, 0.1) is 5.92 Å². The summed E-state index contributed by atoms with van der Waals surface area (Å²) < 4.78 is 0. The van der Waals surface area contributed by atoms with Crippen molar-refractivity contribution in [3.63, 3.8) is 0 Å². The van der Waals surface area contributed by atoms with Crippen LogP contribution >= 0.6 is 0 Å². The lowest BCUT2D eigenvalue weighted by Gasteiger charge is -2.12. The van der Waals surface area contributed by atoms with Crippen LogP contribution in [0.15, 0.2) is 18.2 Å². The van der Waals surface area contributed by atoms with Crippen molar-refractivity contribution in [3.8, 4) is 0 Å². The van der Waals surface area contributed by atoms with Gasteiger partial charge >= 0.3 is 5.97 Å². The zero-order valence-corrected chi connectivity index (χ0v) is 12.6. The van der Waals surface area contributed by atoms with E-state index in [1.807, 2.05) is 37.2 Å². The van der Waals surface area contributed by atoms with Crippen LogP contribution in [0.25, 0.3) is 10.9 Å². The second kappa shape index (κ2) is 5.36. The first-order chi connectivity index (χ1) is 10.5. The molecule has 3 N–H and O–H groups in total. The predicted octanol–water partition coefficient (Wildman–Crippen LogP) is 1.96. The number of benzene rings is 1. The molecule has 1 aromatic carbocycles. The smallest absolute Gasteiger partial charge is 0.352 e. The lowest BCUT2D eigenvalue weighted by Crippen LogP contribution is -2.25. The third-order valence-corrected chi connectivity index (χ3v) is 4.01. The van der Waals surface area contributed by atoms with Crippen molar-refractivity contribution in [1.29, 1.82) is 0 Å². The zero-order chi connectivity index (χ0) is 15.9. The van der Waals surface area contributed by atoms with E-state index in [2.05, 4.69) is 10.3 Å². The van der Waals surface area contributed by atoms with E-state index in [9.17, 15) is 14.7 Å². The molecule has 1 saturated carbocycles. The van der Waals surface area contributed by atoms with Crippen molar-refractivity contribution in [2.75, 3.05) is 19.0 Å². The van der Waals surface area contributed by atoms with Gasteiger partial charge in [-0.05, 0) is 31.0 Å². The quantitative estimate of drug-likeness (QED) is 0.788. The van der Waals surface area contributed by atoms with Crippen molar-refractivity contribution in [2.24, 2.45) is 5.92 Å². The van der Waals surface area contributed by atoms with E-state index >= 15 is 0 Å². The second-order valence-corrected chi connectivity index (χ2v) is 5.90. The Morgan fingerprint density at radius 1 is 1.36 bits per heavy atom. The third kappa shape index (κ3) is 2.64. The Hall–Kier alpha value is -2.50. The van der Waals surface area contributed by atoms with Gasteiger partial charge in [-0.3, -0.25) is 4.79 Å². The van der Waals surface area contributed by atoms with Crippen molar-refractivity contribution in [2.45, 2.75) is 19.4 Å². The highest BCUT2D eigenvalue weighted by Gasteiger charge is 2.29. The zero-order valence-electron chi connectivity index (χ0n) is 12.6. The minimum Gasteiger partial charge on any atom is -0.477 e. The lowest BCUT2D eigenvalue weighted by molar-refractivity contribution is -0.122. The maximum absolute atomic E-state index is 11.8. The number of aromatic nitrogens is 1. The van der Waals surface area contributed by atoms with Gasteiger partial charge in [-0.2, -0.15) is 0 Å². The molecule has 2 aromatic rings. The number of hydrogen-bond acceptors (Lipinski definition) is 3. The molecule has 1 amide bonds. The number of carbonyl (C=O) groups is 2. The number of carboxylic acid groups (broad SMARTS) is 1. The number of amides is 1. The summed E-state index contributed by atoms with van der Waals surface area (Å²) in [4.78, 5) is 28.1. The van der Waals surface area contributed by atoms with Crippen LogP contribution in [-0.4, -0.2) is 36.1 Å². The molecule has 1 heterocycles. The Balaban J connectivity index is 1.98. The molecule has 3 rings (SSSR count). The molecular weight excluding hydrogens is 282 g/mol. The number of carbonyl (C=O) groups excluding carboxylic acids is 1. The number of nitrogens with one attached hydrogen (secondary N) is 2. The van der Waals surface area contributed by atoms with Crippen molar-refractivity contribution < 1.29 is 14.7 Å². The molecule has 22 heavy (non-hydrogen) atoms. The third-order valence-electron chi connectivity index (χ3n) is 4.01. The molecule has 1 aliphatic rings. The Morgan fingerprint density at radius 3 is 2.68 bits per heavy atom. The molecule has 6 nitrogen and oxygen atoms in total. The van der Waals surface area contributed by atoms with E-state index in [-0.39, 0.29) is 24.1 Å². The molecular formula is C16H19N3O3. The highest BCUT2D eigenvalue weighted by Crippen LogP contribution is 2.30. The van der Waals surface area contributed by atoms with Crippen LogP contribution < -0.4 is 10.2 Å². The number of H-pyrrole nitrogens is 1. The predicted molar refractivity (Wildman–Crippen MR) is 84.2 cm³/mol. The summed E-state index contributed by atoms with van der Waals surface area (Å²) >= 11 is 0. The molecule has 0 aliphatic heterocycles. The summed E-state index contributed by atoms with van der Waals surface area (Å²) in [6, 6.07) is 5.73. The van der Waals surface area contributed by atoms with Gasteiger partial charge in [0, 0.05) is 48.7 Å². The molecule has 0 bridgehead atoms. The van der Waals surface area contributed by atoms with E-state index < -0.39 is 5.97 Å². The molecule has 1 fully saturated rings. The van der Waals surface area contributed by atoms with E-state index in [1.54, 1.807) is 0 Å². The SMILES string of the molecule is CN(C)c1ccc2[nH]c(C(=O)O)c(CNC(=O)C3CC3)c2c1. The monoisotopic (exact) mass is 301 g/mol. The fraction of sp³-hybridized carbons (Fsp3) is 0.375. The first-order valence-corrected chi connectivity index (χ1v) is 7.30. The van der Waals surface area contributed by atoms with Crippen molar-refractivity contribution >= 4 is 28.5 Å². The van der Waals surface area contributed by atoms with Gasteiger partial charge in [-0.25, -0.2) is 4.79 Å². The molecule has 116 valence electrons. The minimum atomic E-state index is -1.02. The Morgan fingerprint density at radius 2 is 2.09 bits per heavy atom. The molecule has 0 radical (unpaired) electrons. The highest BCUT2D eigenvalue weighted by atomic mass is 16.4. The normalized spacial score (nSPS) is 14.1. The van der Waals surface area contributed by atoms with Crippen LogP contribution in [0.5, 0.6) is 0 Å².